The molecular formula is C17H15FN4O2S. The molecule has 0 aliphatic carbocycles. The van der Waals surface area contributed by atoms with Crippen molar-refractivity contribution in [1.29, 1.82) is 0 Å². The number of benzene rings is 2. The van der Waals surface area contributed by atoms with Gasteiger partial charge in [-0.15, -0.1) is 0 Å². The third-order valence-corrected chi connectivity index (χ3v) is 3.34. The van der Waals surface area contributed by atoms with Crippen LogP contribution in [0.1, 0.15) is 11.1 Å². The molecule has 0 amide bonds. The van der Waals surface area contributed by atoms with Gasteiger partial charge in [-0.25, -0.2) is 4.39 Å². The van der Waals surface area contributed by atoms with E-state index in [4.69, 9.17) is 12.2 Å². The number of hydrazone groups is 1. The summed E-state index contributed by atoms with van der Waals surface area (Å²) in [7, 11) is 0. The molecule has 0 saturated carbocycles. The summed E-state index contributed by atoms with van der Waals surface area (Å²) in [6.45, 7) is 0.438. The highest BCUT2D eigenvalue weighted by Gasteiger charge is 2.08. The normalized spacial score (nSPS) is 10.9. The molecule has 0 fully saturated rings. The lowest BCUT2D eigenvalue weighted by atomic mass is 10.2. The number of thiocarbonyl (C=S) groups is 1. The number of nitrogens with zero attached hydrogens (tertiary/aromatic N) is 2. The van der Waals surface area contributed by atoms with Crippen LogP contribution in [0, 0.1) is 15.9 Å². The minimum absolute atomic E-state index is 0.0246. The Balaban J connectivity index is 1.80. The molecule has 0 radical (unpaired) electrons. The zero-order valence-corrected chi connectivity index (χ0v) is 13.9. The Hall–Kier alpha value is -3.13. The summed E-state index contributed by atoms with van der Waals surface area (Å²) in [5, 5.41) is 18.0. The quantitative estimate of drug-likeness (QED) is 0.358. The van der Waals surface area contributed by atoms with E-state index < -0.39 is 4.92 Å². The maximum atomic E-state index is 12.8. The van der Waals surface area contributed by atoms with Crippen molar-refractivity contribution in [1.82, 2.24) is 10.7 Å². The number of rotatable bonds is 6. The summed E-state index contributed by atoms with van der Waals surface area (Å²) in [4.78, 5) is 10.4. The van der Waals surface area contributed by atoms with Crippen molar-refractivity contribution < 1.29 is 9.31 Å². The van der Waals surface area contributed by atoms with Crippen molar-refractivity contribution in [2.75, 3.05) is 0 Å². The number of nitro groups is 1. The van der Waals surface area contributed by atoms with E-state index in [1.165, 1.54) is 24.4 Å². The Morgan fingerprint density at radius 1 is 1.24 bits per heavy atom. The predicted molar refractivity (Wildman–Crippen MR) is 99.6 cm³/mol. The Morgan fingerprint density at radius 2 is 1.96 bits per heavy atom. The number of halogens is 1. The Labute approximate surface area is 149 Å². The van der Waals surface area contributed by atoms with E-state index in [2.05, 4.69) is 15.8 Å². The maximum absolute atomic E-state index is 12.8. The lowest BCUT2D eigenvalue weighted by Gasteiger charge is -2.06. The number of hydrogen-bond acceptors (Lipinski definition) is 4. The maximum Gasteiger partial charge on any atom is 0.276 e. The van der Waals surface area contributed by atoms with Crippen molar-refractivity contribution in [3.05, 3.63) is 81.7 Å². The van der Waals surface area contributed by atoms with Gasteiger partial charge in [0.15, 0.2) is 5.11 Å². The third-order valence-electron chi connectivity index (χ3n) is 3.10. The molecule has 128 valence electrons. The van der Waals surface area contributed by atoms with Gasteiger partial charge in [-0.05, 0) is 48.1 Å². The number of nitro benzene ring substituents is 1. The van der Waals surface area contributed by atoms with E-state index in [1.807, 2.05) is 0 Å². The summed E-state index contributed by atoms with van der Waals surface area (Å²) in [5.74, 6) is -0.292. The van der Waals surface area contributed by atoms with Gasteiger partial charge in [0.2, 0.25) is 0 Å². The van der Waals surface area contributed by atoms with Gasteiger partial charge in [0.25, 0.3) is 5.69 Å². The third kappa shape index (κ3) is 6.11. The minimum Gasteiger partial charge on any atom is -0.357 e. The molecule has 0 bridgehead atoms. The molecule has 0 aliphatic heterocycles. The van der Waals surface area contributed by atoms with Crippen LogP contribution in [0.4, 0.5) is 10.1 Å². The van der Waals surface area contributed by atoms with E-state index in [0.717, 1.165) is 5.56 Å². The fraction of sp³-hybridized carbons (Fsp3) is 0.0588. The average Bonchev–Trinajstić information content (AvgIpc) is 2.61. The summed E-state index contributed by atoms with van der Waals surface area (Å²) in [6, 6.07) is 12.5. The SMILES string of the molecule is O=[N+]([O-])c1ccccc1/C=C/C=N\NC(=S)NCc1ccc(F)cc1. The lowest BCUT2D eigenvalue weighted by Crippen LogP contribution is -2.31. The van der Waals surface area contributed by atoms with Crippen molar-refractivity contribution in [3.8, 4) is 0 Å². The van der Waals surface area contributed by atoms with Gasteiger partial charge >= 0.3 is 0 Å². The second kappa shape index (κ2) is 9.24. The topological polar surface area (TPSA) is 79.6 Å². The molecule has 0 unspecified atom stereocenters. The number of hydrogen-bond donors (Lipinski definition) is 2. The molecule has 0 saturated heterocycles. The van der Waals surface area contributed by atoms with Crippen LogP contribution in [0.2, 0.25) is 0 Å². The van der Waals surface area contributed by atoms with Gasteiger partial charge in [-0.2, -0.15) is 5.10 Å². The molecular weight excluding hydrogens is 343 g/mol. The Kier molecular flexibility index (Phi) is 6.73. The molecule has 6 nitrogen and oxygen atoms in total. The average molecular weight is 358 g/mol. The summed E-state index contributed by atoms with van der Waals surface area (Å²) in [6.07, 6.45) is 4.58. The zero-order chi connectivity index (χ0) is 18.1. The Bertz CT molecular complexity index is 807. The fourth-order valence-corrected chi connectivity index (χ4v) is 2.03. The molecule has 8 heteroatoms. The van der Waals surface area contributed by atoms with Gasteiger partial charge in [0.1, 0.15) is 5.82 Å². The van der Waals surface area contributed by atoms with Crippen LogP contribution in [0.25, 0.3) is 6.08 Å². The first kappa shape index (κ1) is 18.2. The van der Waals surface area contributed by atoms with Crippen LogP contribution < -0.4 is 10.7 Å². The highest BCUT2D eigenvalue weighted by atomic mass is 32.1. The molecule has 2 aromatic rings. The first-order chi connectivity index (χ1) is 12.1. The van der Waals surface area contributed by atoms with Gasteiger partial charge in [-0.1, -0.05) is 24.3 Å². The molecule has 0 aromatic heterocycles. The van der Waals surface area contributed by atoms with Gasteiger partial charge < -0.3 is 5.32 Å². The van der Waals surface area contributed by atoms with Crippen molar-refractivity contribution >= 4 is 35.3 Å². The number of allylic oxidation sites excluding steroid dienone is 1. The number of para-hydroxylation sites is 1. The summed E-state index contributed by atoms with van der Waals surface area (Å²) < 4.78 is 12.8. The highest BCUT2D eigenvalue weighted by Crippen LogP contribution is 2.18. The smallest absolute Gasteiger partial charge is 0.276 e. The summed E-state index contributed by atoms with van der Waals surface area (Å²) in [5.41, 5.74) is 4.01. The van der Waals surface area contributed by atoms with E-state index >= 15 is 0 Å². The van der Waals surface area contributed by atoms with Crippen LogP contribution in [0.15, 0.2) is 59.7 Å². The molecule has 25 heavy (non-hydrogen) atoms. The van der Waals surface area contributed by atoms with E-state index in [9.17, 15) is 14.5 Å². The van der Waals surface area contributed by atoms with E-state index in [1.54, 1.807) is 42.5 Å². The molecule has 2 aromatic carbocycles. The minimum atomic E-state index is -0.441. The van der Waals surface area contributed by atoms with Gasteiger partial charge in [-0.3, -0.25) is 15.5 Å². The van der Waals surface area contributed by atoms with Crippen molar-refractivity contribution in [2.45, 2.75) is 6.54 Å². The van der Waals surface area contributed by atoms with E-state index in [-0.39, 0.29) is 11.5 Å². The predicted octanol–water partition coefficient (Wildman–Crippen LogP) is 3.40. The van der Waals surface area contributed by atoms with Gasteiger partial charge in [0.05, 0.1) is 10.5 Å². The Morgan fingerprint density at radius 3 is 2.68 bits per heavy atom. The van der Waals surface area contributed by atoms with Crippen LogP contribution in [0.5, 0.6) is 0 Å². The van der Waals surface area contributed by atoms with Gasteiger partial charge in [0, 0.05) is 18.8 Å². The van der Waals surface area contributed by atoms with Crippen LogP contribution in [-0.2, 0) is 6.54 Å². The monoisotopic (exact) mass is 358 g/mol. The molecule has 0 atom stereocenters. The van der Waals surface area contributed by atoms with Crippen molar-refractivity contribution in [3.63, 3.8) is 0 Å². The van der Waals surface area contributed by atoms with E-state index in [0.29, 0.717) is 17.2 Å². The van der Waals surface area contributed by atoms with Crippen LogP contribution in [-0.4, -0.2) is 16.3 Å². The first-order valence-corrected chi connectivity index (χ1v) is 7.68. The molecule has 0 heterocycles. The largest absolute Gasteiger partial charge is 0.357 e. The fourth-order valence-electron chi connectivity index (χ4n) is 1.90. The van der Waals surface area contributed by atoms with Crippen LogP contribution >= 0.6 is 12.2 Å². The molecule has 0 spiro atoms. The standard InChI is InChI=1S/C17H15FN4O2S/c18-15-9-7-13(8-10-15)12-19-17(25)21-20-11-3-5-14-4-1-2-6-16(14)22(23)24/h1-11H,12H2,(H2,19,21,25)/b5-3+,20-11-. The first-order valence-electron chi connectivity index (χ1n) is 7.27. The lowest BCUT2D eigenvalue weighted by molar-refractivity contribution is -0.385. The molecule has 0 aliphatic rings. The molecule has 2 N–H and O–H groups in total. The zero-order valence-electron chi connectivity index (χ0n) is 13.1. The second-order valence-electron chi connectivity index (χ2n) is 4.87. The highest BCUT2D eigenvalue weighted by molar-refractivity contribution is 7.80. The number of nitrogens with one attached hydrogen (secondary N) is 2. The molecule has 2 rings (SSSR count). The van der Waals surface area contributed by atoms with Crippen LogP contribution in [0.3, 0.4) is 0 Å². The summed E-state index contributed by atoms with van der Waals surface area (Å²) >= 11 is 5.05. The van der Waals surface area contributed by atoms with Crippen molar-refractivity contribution in [2.24, 2.45) is 5.10 Å². The second-order valence-corrected chi connectivity index (χ2v) is 5.28.